The number of phenols is 1. The molecular weight excluding hydrogens is 358 g/mol. The summed E-state index contributed by atoms with van der Waals surface area (Å²) in [4.78, 5) is 3.61. The molecule has 0 saturated carbocycles. The fraction of sp³-hybridized carbons (Fsp3) is 0.500. The smallest absolute Gasteiger partial charge is 0.120 e. The highest BCUT2D eigenvalue weighted by Crippen LogP contribution is 2.37. The van der Waals surface area contributed by atoms with Crippen LogP contribution in [-0.2, 0) is 17.7 Å². The number of nitrogens with zero attached hydrogens (tertiary/aromatic N) is 1. The Labute approximate surface area is 155 Å². The van der Waals surface area contributed by atoms with Crippen LogP contribution >= 0.6 is 32.9 Å². The molecule has 1 saturated heterocycles. The van der Waals surface area contributed by atoms with E-state index >= 15 is 0 Å². The van der Waals surface area contributed by atoms with Crippen molar-refractivity contribution in [2.45, 2.75) is 32.7 Å². The first kappa shape index (κ1) is 18.0. The Morgan fingerprint density at radius 3 is 2.79 bits per heavy atom. The molecule has 0 atom stereocenters. The highest BCUT2D eigenvalue weighted by molar-refractivity contribution is 7.80. The number of unbranched alkanes of at least 4 members (excludes halogenated alkanes) is 1. The van der Waals surface area contributed by atoms with Gasteiger partial charge < -0.3 is 9.84 Å². The second-order valence-electron chi connectivity index (χ2n) is 6.10. The van der Waals surface area contributed by atoms with Crippen LogP contribution in [0.5, 0.6) is 5.75 Å². The molecule has 1 aromatic heterocycles. The van der Waals surface area contributed by atoms with Crippen molar-refractivity contribution in [3.8, 4) is 16.2 Å². The highest BCUT2D eigenvalue weighted by atomic mass is 32.9. The largest absolute Gasteiger partial charge is 0.508 e. The van der Waals surface area contributed by atoms with Crippen molar-refractivity contribution in [1.29, 1.82) is 0 Å². The maximum Gasteiger partial charge on any atom is 0.120 e. The van der Waals surface area contributed by atoms with E-state index in [9.17, 15) is 5.11 Å². The summed E-state index contributed by atoms with van der Waals surface area (Å²) in [5.74, 6) is 0.374. The Hall–Kier alpha value is -0.790. The first-order valence-corrected chi connectivity index (χ1v) is 11.0. The van der Waals surface area contributed by atoms with Crippen molar-refractivity contribution in [3.63, 3.8) is 0 Å². The van der Waals surface area contributed by atoms with E-state index in [0.29, 0.717) is 5.75 Å². The van der Waals surface area contributed by atoms with Gasteiger partial charge in [0.25, 0.3) is 0 Å². The maximum atomic E-state index is 10.3. The molecular formula is C18H23NO2S3. The Morgan fingerprint density at radius 2 is 2.04 bits per heavy atom. The fourth-order valence-corrected chi connectivity index (χ4v) is 5.92. The molecule has 0 spiro atoms. The van der Waals surface area contributed by atoms with Crippen LogP contribution in [-0.4, -0.2) is 36.3 Å². The number of ether oxygens (including phenoxy) is 1. The molecule has 1 N–H and O–H groups in total. The van der Waals surface area contributed by atoms with Crippen molar-refractivity contribution in [1.82, 2.24) is 4.90 Å². The standard InChI is InChI=1S/C18H23NO2S3/c1-2-3-4-15-17(23-24-18(15)22)13-5-6-16(20)14(11-13)12-19-7-9-21-10-8-19/h5-6,11,20H,2-4,7-10,12H2,1H3. The van der Waals surface area contributed by atoms with Gasteiger partial charge >= 0.3 is 0 Å². The number of hydrogen-bond acceptors (Lipinski definition) is 6. The first-order valence-electron chi connectivity index (χ1n) is 8.43. The summed E-state index contributed by atoms with van der Waals surface area (Å²) in [6, 6.07) is 5.97. The van der Waals surface area contributed by atoms with E-state index in [0.717, 1.165) is 48.7 Å². The third-order valence-corrected chi connectivity index (χ3v) is 7.53. The van der Waals surface area contributed by atoms with Crippen LogP contribution in [0, 0.1) is 3.82 Å². The number of morpholine rings is 1. The van der Waals surface area contributed by atoms with Gasteiger partial charge in [-0.05, 0) is 42.2 Å². The highest BCUT2D eigenvalue weighted by Gasteiger charge is 2.16. The monoisotopic (exact) mass is 381 g/mol. The second kappa shape index (κ2) is 8.54. The summed E-state index contributed by atoms with van der Waals surface area (Å²) < 4.78 is 6.42. The Kier molecular flexibility index (Phi) is 6.41. The van der Waals surface area contributed by atoms with Crippen molar-refractivity contribution < 1.29 is 9.84 Å². The van der Waals surface area contributed by atoms with Crippen molar-refractivity contribution >= 4 is 32.9 Å². The number of aromatic hydroxyl groups is 1. The Balaban J connectivity index is 1.86. The topological polar surface area (TPSA) is 32.7 Å². The first-order chi connectivity index (χ1) is 11.7. The average Bonchev–Trinajstić information content (AvgIpc) is 2.96. The zero-order valence-electron chi connectivity index (χ0n) is 13.9. The number of phenolic OH excluding ortho intramolecular Hbond substituents is 1. The minimum Gasteiger partial charge on any atom is -0.508 e. The molecule has 0 unspecified atom stereocenters. The minimum absolute atomic E-state index is 0.374. The lowest BCUT2D eigenvalue weighted by Gasteiger charge is -2.27. The number of benzene rings is 1. The van der Waals surface area contributed by atoms with E-state index in [-0.39, 0.29) is 0 Å². The third kappa shape index (κ3) is 4.24. The molecule has 24 heavy (non-hydrogen) atoms. The summed E-state index contributed by atoms with van der Waals surface area (Å²) in [6.07, 6.45) is 3.38. The molecule has 0 amide bonds. The molecule has 6 heteroatoms. The third-order valence-electron chi connectivity index (χ3n) is 4.34. The van der Waals surface area contributed by atoms with Gasteiger partial charge in [0.05, 0.1) is 18.1 Å². The van der Waals surface area contributed by atoms with E-state index < -0.39 is 0 Å². The van der Waals surface area contributed by atoms with E-state index in [1.807, 2.05) is 12.1 Å². The molecule has 1 fully saturated rings. The quantitative estimate of drug-likeness (QED) is 0.558. The molecule has 2 aromatic rings. The average molecular weight is 382 g/mol. The summed E-state index contributed by atoms with van der Waals surface area (Å²) >= 11 is 5.53. The van der Waals surface area contributed by atoms with Gasteiger partial charge in [-0.1, -0.05) is 46.2 Å². The predicted molar refractivity (Wildman–Crippen MR) is 105 cm³/mol. The summed E-state index contributed by atoms with van der Waals surface area (Å²) in [6.45, 7) is 6.36. The van der Waals surface area contributed by atoms with Crippen LogP contribution in [0.3, 0.4) is 0 Å². The van der Waals surface area contributed by atoms with Crippen molar-refractivity contribution in [3.05, 3.63) is 33.1 Å². The van der Waals surface area contributed by atoms with Gasteiger partial charge in [0.15, 0.2) is 0 Å². The second-order valence-corrected chi connectivity index (χ2v) is 8.91. The van der Waals surface area contributed by atoms with E-state index in [4.69, 9.17) is 17.0 Å². The normalized spacial score (nSPS) is 15.7. The SMILES string of the molecule is CCCCc1c(-c2ccc(O)c(CN3CCOCC3)c2)ssc1=S. The van der Waals surface area contributed by atoms with Gasteiger partial charge in [0, 0.05) is 25.2 Å². The number of hydrogen-bond donors (Lipinski definition) is 1. The molecule has 0 radical (unpaired) electrons. The van der Waals surface area contributed by atoms with Crippen LogP contribution in [0.15, 0.2) is 18.2 Å². The molecule has 2 heterocycles. The van der Waals surface area contributed by atoms with Crippen LogP contribution < -0.4 is 0 Å². The van der Waals surface area contributed by atoms with Crippen LogP contribution in [0.1, 0.15) is 30.9 Å². The molecule has 130 valence electrons. The van der Waals surface area contributed by atoms with Gasteiger partial charge in [0.2, 0.25) is 0 Å². The predicted octanol–water partition coefficient (Wildman–Crippen LogP) is 5.09. The summed E-state index contributed by atoms with van der Waals surface area (Å²) in [5.41, 5.74) is 3.48. The minimum atomic E-state index is 0.374. The maximum absolute atomic E-state index is 10.3. The van der Waals surface area contributed by atoms with E-state index in [1.165, 1.54) is 28.8 Å². The van der Waals surface area contributed by atoms with Gasteiger partial charge in [0.1, 0.15) is 9.57 Å². The van der Waals surface area contributed by atoms with Gasteiger partial charge in [-0.25, -0.2) is 0 Å². The van der Waals surface area contributed by atoms with Gasteiger partial charge in [-0.3, -0.25) is 4.90 Å². The molecule has 0 aliphatic carbocycles. The fourth-order valence-electron chi connectivity index (χ4n) is 2.92. The lowest BCUT2D eigenvalue weighted by molar-refractivity contribution is 0.0339. The van der Waals surface area contributed by atoms with Gasteiger partial charge in [-0.15, -0.1) is 0 Å². The Morgan fingerprint density at radius 1 is 1.25 bits per heavy atom. The zero-order valence-corrected chi connectivity index (χ0v) is 16.4. The Bertz CT molecular complexity index is 732. The summed E-state index contributed by atoms with van der Waals surface area (Å²) in [7, 11) is 3.45. The zero-order chi connectivity index (χ0) is 16.9. The summed E-state index contributed by atoms with van der Waals surface area (Å²) in [5, 5.41) is 10.3. The van der Waals surface area contributed by atoms with Crippen LogP contribution in [0.25, 0.3) is 10.4 Å². The molecule has 3 nitrogen and oxygen atoms in total. The lowest BCUT2D eigenvalue weighted by atomic mass is 10.0. The number of rotatable bonds is 6. The van der Waals surface area contributed by atoms with Crippen LogP contribution in [0.4, 0.5) is 0 Å². The van der Waals surface area contributed by atoms with E-state index in [1.54, 1.807) is 20.7 Å². The molecule has 0 bridgehead atoms. The molecule has 1 aliphatic heterocycles. The van der Waals surface area contributed by atoms with E-state index in [2.05, 4.69) is 17.9 Å². The van der Waals surface area contributed by atoms with Crippen LogP contribution in [0.2, 0.25) is 0 Å². The molecule has 1 aromatic carbocycles. The molecule has 1 aliphatic rings. The lowest BCUT2D eigenvalue weighted by Crippen LogP contribution is -2.35. The van der Waals surface area contributed by atoms with Gasteiger partial charge in [-0.2, -0.15) is 0 Å². The van der Waals surface area contributed by atoms with Crippen molar-refractivity contribution in [2.24, 2.45) is 0 Å². The molecule has 3 rings (SSSR count). The van der Waals surface area contributed by atoms with Crippen molar-refractivity contribution in [2.75, 3.05) is 26.3 Å².